The van der Waals surface area contributed by atoms with Gasteiger partial charge in [-0.1, -0.05) is 90.1 Å². The molecule has 3 aromatic heterocycles. The number of hydrogen-bond donors (Lipinski definition) is 0. The SMILES string of the molecule is CC(C)(C)c1ccc2c(c1)c1ccccc1n2-c1cc(-n2cc(C(F)(F)F)cn2)cc(-n2c3ccccc3c3cc(C(C)(C)C)ccc32)c1. The minimum Gasteiger partial charge on any atom is -0.309 e. The van der Waals surface area contributed by atoms with E-state index >= 15 is 0 Å². The number of hydrogen-bond acceptors (Lipinski definition) is 1. The molecule has 0 atom stereocenters. The first kappa shape index (κ1) is 31.0. The van der Waals surface area contributed by atoms with Crippen molar-refractivity contribution in [3.8, 4) is 17.1 Å². The zero-order valence-corrected chi connectivity index (χ0v) is 28.4. The van der Waals surface area contributed by atoms with Gasteiger partial charge in [-0.2, -0.15) is 18.3 Å². The van der Waals surface area contributed by atoms with Crippen molar-refractivity contribution >= 4 is 43.6 Å². The Bertz CT molecular complexity index is 2410. The Balaban J connectivity index is 1.46. The summed E-state index contributed by atoms with van der Waals surface area (Å²) < 4.78 is 47.1. The molecule has 0 unspecified atom stereocenters. The molecular formula is C42H37F3N4. The second-order valence-electron chi connectivity index (χ2n) is 15.0. The summed E-state index contributed by atoms with van der Waals surface area (Å²) in [4.78, 5) is 0. The van der Waals surface area contributed by atoms with E-state index in [2.05, 4.69) is 123 Å². The van der Waals surface area contributed by atoms with Crippen molar-refractivity contribution in [3.05, 3.63) is 132 Å². The summed E-state index contributed by atoms with van der Waals surface area (Å²) in [6.07, 6.45) is -2.56. The molecule has 0 bridgehead atoms. The highest BCUT2D eigenvalue weighted by atomic mass is 19.4. The standard InChI is InChI=1S/C42H37F3N4/c1-40(2,3)26-15-17-38-34(19-26)32-11-7-9-13-36(32)48(38)30-21-29(47-25-28(24-46-47)42(43,44)45)22-31(23-30)49-37-14-10-8-12-33(37)35-20-27(41(4,5)6)16-18-39(35)49/h7-25H,1-6H3. The number of alkyl halides is 3. The quantitative estimate of drug-likeness (QED) is 0.186. The molecule has 0 aliphatic rings. The van der Waals surface area contributed by atoms with E-state index in [9.17, 15) is 13.2 Å². The van der Waals surface area contributed by atoms with E-state index in [1.54, 1.807) is 0 Å². The highest BCUT2D eigenvalue weighted by Gasteiger charge is 2.32. The van der Waals surface area contributed by atoms with Crippen molar-refractivity contribution in [1.82, 2.24) is 18.9 Å². The lowest BCUT2D eigenvalue weighted by atomic mass is 9.86. The van der Waals surface area contributed by atoms with Crippen LogP contribution in [0.5, 0.6) is 0 Å². The van der Waals surface area contributed by atoms with Gasteiger partial charge in [0.25, 0.3) is 0 Å². The normalized spacial score (nSPS) is 13.0. The number of fused-ring (bicyclic) bond motifs is 6. The molecule has 0 N–H and O–H groups in total. The lowest BCUT2D eigenvalue weighted by molar-refractivity contribution is -0.137. The van der Waals surface area contributed by atoms with E-state index in [1.807, 2.05) is 36.4 Å². The van der Waals surface area contributed by atoms with Crippen LogP contribution in [0.15, 0.2) is 116 Å². The van der Waals surface area contributed by atoms with Gasteiger partial charge in [0.1, 0.15) is 0 Å². The summed E-state index contributed by atoms with van der Waals surface area (Å²) in [7, 11) is 0. The van der Waals surface area contributed by atoms with E-state index in [0.29, 0.717) is 5.69 Å². The van der Waals surface area contributed by atoms with Gasteiger partial charge in [0.2, 0.25) is 0 Å². The Morgan fingerprint density at radius 2 is 0.898 bits per heavy atom. The molecule has 7 heteroatoms. The third kappa shape index (κ3) is 5.11. The van der Waals surface area contributed by atoms with Crippen LogP contribution in [-0.2, 0) is 17.0 Å². The molecule has 0 radical (unpaired) electrons. The van der Waals surface area contributed by atoms with Gasteiger partial charge in [0.05, 0.1) is 50.9 Å². The molecule has 0 saturated carbocycles. The smallest absolute Gasteiger partial charge is 0.309 e. The van der Waals surface area contributed by atoms with Gasteiger partial charge in [0.15, 0.2) is 0 Å². The fourth-order valence-electron chi connectivity index (χ4n) is 7.02. The Labute approximate surface area is 283 Å². The molecule has 8 rings (SSSR count). The molecule has 5 aromatic carbocycles. The Morgan fingerprint density at radius 3 is 1.33 bits per heavy atom. The molecule has 0 spiro atoms. The number of para-hydroxylation sites is 2. The lowest BCUT2D eigenvalue weighted by Gasteiger charge is -2.20. The molecule has 0 aliphatic carbocycles. The van der Waals surface area contributed by atoms with Crippen LogP contribution in [0.4, 0.5) is 13.2 Å². The number of aromatic nitrogens is 4. The van der Waals surface area contributed by atoms with E-state index in [0.717, 1.165) is 67.4 Å². The first-order valence-corrected chi connectivity index (χ1v) is 16.5. The summed E-state index contributed by atoms with van der Waals surface area (Å²) >= 11 is 0. The average molecular weight is 655 g/mol. The maximum absolute atomic E-state index is 13.8. The maximum Gasteiger partial charge on any atom is 0.419 e. The predicted molar refractivity (Wildman–Crippen MR) is 195 cm³/mol. The fourth-order valence-corrected chi connectivity index (χ4v) is 7.02. The van der Waals surface area contributed by atoms with Crippen LogP contribution >= 0.6 is 0 Å². The summed E-state index contributed by atoms with van der Waals surface area (Å²) in [6.45, 7) is 13.2. The van der Waals surface area contributed by atoms with Crippen LogP contribution < -0.4 is 0 Å². The zero-order valence-electron chi connectivity index (χ0n) is 28.4. The molecule has 0 amide bonds. The topological polar surface area (TPSA) is 27.7 Å². The van der Waals surface area contributed by atoms with Crippen molar-refractivity contribution in [2.24, 2.45) is 0 Å². The lowest BCUT2D eigenvalue weighted by Crippen LogP contribution is -2.10. The van der Waals surface area contributed by atoms with Crippen LogP contribution in [0.25, 0.3) is 60.7 Å². The van der Waals surface area contributed by atoms with E-state index in [-0.39, 0.29) is 10.8 Å². The van der Waals surface area contributed by atoms with Crippen molar-refractivity contribution in [2.45, 2.75) is 58.5 Å². The third-order valence-electron chi connectivity index (χ3n) is 9.66. The molecule has 246 valence electrons. The van der Waals surface area contributed by atoms with E-state index in [1.165, 1.54) is 15.8 Å². The summed E-state index contributed by atoms with van der Waals surface area (Å²) in [5, 5.41) is 8.68. The second-order valence-corrected chi connectivity index (χ2v) is 15.0. The van der Waals surface area contributed by atoms with Gasteiger partial charge in [-0.15, -0.1) is 0 Å². The first-order chi connectivity index (χ1) is 23.2. The molecule has 49 heavy (non-hydrogen) atoms. The summed E-state index contributed by atoms with van der Waals surface area (Å²) in [5.41, 5.74) is 7.83. The number of halogens is 3. The second kappa shape index (κ2) is 10.6. The Hall–Kier alpha value is -5.30. The van der Waals surface area contributed by atoms with Gasteiger partial charge < -0.3 is 9.13 Å². The minimum atomic E-state index is -4.51. The van der Waals surface area contributed by atoms with Crippen LogP contribution in [0.1, 0.15) is 58.2 Å². The number of rotatable bonds is 3. The molecule has 3 heterocycles. The molecule has 4 nitrogen and oxygen atoms in total. The average Bonchev–Trinajstić information content (AvgIpc) is 3.76. The van der Waals surface area contributed by atoms with Gasteiger partial charge in [-0.25, -0.2) is 4.68 Å². The Kier molecular flexibility index (Phi) is 6.70. The molecule has 0 aliphatic heterocycles. The fraction of sp³-hybridized carbons (Fsp3) is 0.214. The minimum absolute atomic E-state index is 0.0375. The van der Waals surface area contributed by atoms with E-state index < -0.39 is 11.7 Å². The monoisotopic (exact) mass is 654 g/mol. The van der Waals surface area contributed by atoms with Crippen LogP contribution in [-0.4, -0.2) is 18.9 Å². The number of nitrogens with zero attached hydrogens (tertiary/aromatic N) is 4. The van der Waals surface area contributed by atoms with Gasteiger partial charge in [-0.3, -0.25) is 0 Å². The van der Waals surface area contributed by atoms with Gasteiger partial charge in [0, 0.05) is 27.7 Å². The third-order valence-corrected chi connectivity index (χ3v) is 9.66. The predicted octanol–water partition coefficient (Wildman–Crippen LogP) is 11.7. The van der Waals surface area contributed by atoms with E-state index in [4.69, 9.17) is 0 Å². The van der Waals surface area contributed by atoms with Crippen molar-refractivity contribution in [3.63, 3.8) is 0 Å². The van der Waals surface area contributed by atoms with Crippen LogP contribution in [0, 0.1) is 0 Å². The highest BCUT2D eigenvalue weighted by molar-refractivity contribution is 6.11. The molecular weight excluding hydrogens is 617 g/mol. The van der Waals surface area contributed by atoms with Crippen molar-refractivity contribution < 1.29 is 13.2 Å². The molecule has 0 fully saturated rings. The maximum atomic E-state index is 13.8. The van der Waals surface area contributed by atoms with Crippen LogP contribution in [0.2, 0.25) is 0 Å². The Morgan fingerprint density at radius 1 is 0.469 bits per heavy atom. The van der Waals surface area contributed by atoms with Gasteiger partial charge in [-0.05, 0) is 76.6 Å². The van der Waals surface area contributed by atoms with Gasteiger partial charge >= 0.3 is 6.18 Å². The number of benzene rings is 5. The largest absolute Gasteiger partial charge is 0.419 e. The van der Waals surface area contributed by atoms with Crippen LogP contribution in [0.3, 0.4) is 0 Å². The molecule has 0 saturated heterocycles. The molecule has 8 aromatic rings. The summed E-state index contributed by atoms with van der Waals surface area (Å²) in [6, 6.07) is 35.8. The van der Waals surface area contributed by atoms with Crippen molar-refractivity contribution in [1.29, 1.82) is 0 Å². The summed E-state index contributed by atoms with van der Waals surface area (Å²) in [5.74, 6) is 0. The zero-order chi connectivity index (χ0) is 34.5. The first-order valence-electron chi connectivity index (χ1n) is 16.5. The van der Waals surface area contributed by atoms with Crippen molar-refractivity contribution in [2.75, 3.05) is 0 Å². The highest BCUT2D eigenvalue weighted by Crippen LogP contribution is 2.39.